The summed E-state index contributed by atoms with van der Waals surface area (Å²) in [4.78, 5) is 25.3. The average molecular weight is 587 g/mol. The van der Waals surface area contributed by atoms with Crippen molar-refractivity contribution in [2.24, 2.45) is 0 Å². The number of hydrogen-bond acceptors (Lipinski definition) is 6. The molecule has 228 valence electrons. The monoisotopic (exact) mass is 586 g/mol. The van der Waals surface area contributed by atoms with Gasteiger partial charge in [0.1, 0.15) is 0 Å². The van der Waals surface area contributed by atoms with Gasteiger partial charge in [-0.05, 0) is 72.3 Å². The molecular weight excluding hydrogens is 544 g/mol. The summed E-state index contributed by atoms with van der Waals surface area (Å²) in [5, 5.41) is 21.2. The van der Waals surface area contributed by atoms with E-state index in [1.807, 2.05) is 54.6 Å². The Balaban J connectivity index is 1.30. The maximum Gasteiger partial charge on any atom is 0.303 e. The summed E-state index contributed by atoms with van der Waals surface area (Å²) in [5.41, 5.74) is 5.94. The van der Waals surface area contributed by atoms with Gasteiger partial charge in [0.05, 0.1) is 18.8 Å². The second kappa shape index (κ2) is 15.3. The number of nitrogens with one attached hydrogen (secondary N) is 1. The zero-order chi connectivity index (χ0) is 30.0. The molecule has 0 unspecified atom stereocenters. The van der Waals surface area contributed by atoms with Crippen molar-refractivity contribution in [3.05, 3.63) is 95.1 Å². The molecule has 3 aromatic rings. The lowest BCUT2D eigenvalue weighted by atomic mass is 9.98. The second-order valence-corrected chi connectivity index (χ2v) is 11.6. The van der Waals surface area contributed by atoms with Gasteiger partial charge in [0.25, 0.3) is 0 Å². The molecule has 3 N–H and O–H groups in total. The van der Waals surface area contributed by atoms with Crippen molar-refractivity contribution in [2.75, 3.05) is 19.6 Å². The van der Waals surface area contributed by atoms with Crippen LogP contribution in [0.25, 0.3) is 11.1 Å². The van der Waals surface area contributed by atoms with Crippen LogP contribution >= 0.6 is 0 Å². The van der Waals surface area contributed by atoms with Gasteiger partial charge in [0, 0.05) is 37.9 Å². The molecule has 43 heavy (non-hydrogen) atoms. The van der Waals surface area contributed by atoms with Gasteiger partial charge in [-0.2, -0.15) is 0 Å². The first-order chi connectivity index (χ1) is 21.0. The number of nitrogens with zero attached hydrogens (tertiary/aromatic N) is 1. The molecule has 8 heteroatoms. The topological polar surface area (TPSA) is 108 Å². The minimum Gasteiger partial charge on any atom is -0.481 e. The van der Waals surface area contributed by atoms with E-state index >= 15 is 0 Å². The molecule has 8 nitrogen and oxygen atoms in total. The number of carbonyl (C=O) groups excluding carboxylic acids is 1. The maximum absolute atomic E-state index is 12.1. The third kappa shape index (κ3) is 8.97. The minimum atomic E-state index is -0.892. The Kier molecular flexibility index (Phi) is 11.0. The predicted octanol–water partition coefficient (Wildman–Crippen LogP) is 5.75. The molecule has 0 radical (unpaired) electrons. The summed E-state index contributed by atoms with van der Waals surface area (Å²) < 4.78 is 13.2. The lowest BCUT2D eigenvalue weighted by molar-refractivity contribution is -0.253. The Morgan fingerprint density at radius 3 is 2.33 bits per heavy atom. The number of hydrogen-bond donors (Lipinski definition) is 3. The number of amides is 1. The molecule has 2 heterocycles. The number of carbonyl (C=O) groups is 2. The third-order valence-electron chi connectivity index (χ3n) is 8.23. The average Bonchev–Trinajstić information content (AvgIpc) is 3.04. The highest BCUT2D eigenvalue weighted by atomic mass is 16.7. The van der Waals surface area contributed by atoms with E-state index in [1.165, 1.54) is 19.3 Å². The first-order valence-corrected chi connectivity index (χ1v) is 15.4. The van der Waals surface area contributed by atoms with Gasteiger partial charge < -0.3 is 29.9 Å². The van der Waals surface area contributed by atoms with Gasteiger partial charge >= 0.3 is 5.97 Å². The van der Waals surface area contributed by atoms with Crippen LogP contribution < -0.4 is 5.32 Å². The van der Waals surface area contributed by atoms with Crippen molar-refractivity contribution >= 4 is 11.9 Å². The normalized spacial score (nSPS) is 20.9. The van der Waals surface area contributed by atoms with Gasteiger partial charge in [0.15, 0.2) is 6.29 Å². The number of aliphatic carboxylic acids is 1. The molecule has 0 bridgehead atoms. The molecule has 2 fully saturated rings. The SMILES string of the molecule is O=C(O)CCCC(=O)NCc1cccc(-c2cccc([C@@H]3O[C@H](CN4CCCCC4)C[C@H](c4ccc(CO)cc4)O3)c2)c1. The summed E-state index contributed by atoms with van der Waals surface area (Å²) in [6, 6.07) is 24.3. The number of benzene rings is 3. The van der Waals surface area contributed by atoms with Crippen LogP contribution in [0.3, 0.4) is 0 Å². The summed E-state index contributed by atoms with van der Waals surface area (Å²) in [6.07, 6.45) is 4.44. The standard InChI is InChI=1S/C35H42N2O6/c38-24-25-13-15-27(16-14-25)32-21-31(23-37-17-2-1-3-18-37)42-35(43-32)30-10-5-9-29(20-30)28-8-4-7-26(19-28)22-36-33(39)11-6-12-34(40)41/h4-5,7-10,13-16,19-20,31-32,35,38H,1-3,6,11-12,17-18,21-24H2,(H,36,39)(H,40,41)/t31-,32+,35+/m0/s1. The van der Waals surface area contributed by atoms with Crippen LogP contribution in [0.15, 0.2) is 72.8 Å². The molecule has 0 aromatic heterocycles. The van der Waals surface area contributed by atoms with E-state index in [0.29, 0.717) is 13.0 Å². The molecular formula is C35H42N2O6. The summed E-state index contributed by atoms with van der Waals surface area (Å²) >= 11 is 0. The number of carboxylic acids is 1. The molecule has 0 aliphatic carbocycles. The highest BCUT2D eigenvalue weighted by Crippen LogP contribution is 2.39. The zero-order valence-electron chi connectivity index (χ0n) is 24.6. The van der Waals surface area contributed by atoms with Crippen molar-refractivity contribution in [3.8, 4) is 11.1 Å². The fourth-order valence-electron chi connectivity index (χ4n) is 5.88. The van der Waals surface area contributed by atoms with E-state index in [-0.39, 0.29) is 37.6 Å². The number of rotatable bonds is 12. The molecule has 0 saturated carbocycles. The molecule has 2 aliphatic heterocycles. The molecule has 2 aliphatic rings. The fourth-order valence-corrected chi connectivity index (χ4v) is 5.88. The fraction of sp³-hybridized carbons (Fsp3) is 0.429. The van der Waals surface area contributed by atoms with Gasteiger partial charge in [-0.1, -0.05) is 67.1 Å². The number of aliphatic hydroxyl groups is 1. The van der Waals surface area contributed by atoms with Gasteiger partial charge in [0.2, 0.25) is 5.91 Å². The van der Waals surface area contributed by atoms with Crippen molar-refractivity contribution in [1.29, 1.82) is 0 Å². The number of likely N-dealkylation sites (tertiary alicyclic amines) is 1. The summed E-state index contributed by atoms with van der Waals surface area (Å²) in [7, 11) is 0. The van der Waals surface area contributed by atoms with Gasteiger partial charge in [-0.15, -0.1) is 0 Å². The van der Waals surface area contributed by atoms with Crippen molar-refractivity contribution in [1.82, 2.24) is 10.2 Å². The first kappa shape index (κ1) is 30.9. The Labute approximate surface area is 253 Å². The summed E-state index contributed by atoms with van der Waals surface area (Å²) in [6.45, 7) is 3.49. The Bertz CT molecular complexity index is 1350. The van der Waals surface area contributed by atoms with E-state index in [1.54, 1.807) is 0 Å². The van der Waals surface area contributed by atoms with Crippen molar-refractivity contribution in [2.45, 2.75) is 76.6 Å². The van der Waals surface area contributed by atoms with Crippen LogP contribution in [0.4, 0.5) is 0 Å². The quantitative estimate of drug-likeness (QED) is 0.248. The van der Waals surface area contributed by atoms with Gasteiger partial charge in [-0.25, -0.2) is 0 Å². The molecule has 3 aromatic carbocycles. The smallest absolute Gasteiger partial charge is 0.303 e. The van der Waals surface area contributed by atoms with E-state index in [0.717, 1.165) is 59.4 Å². The molecule has 0 spiro atoms. The lowest BCUT2D eigenvalue weighted by Crippen LogP contribution is -2.41. The molecule has 5 rings (SSSR count). The van der Waals surface area contributed by atoms with E-state index in [2.05, 4.69) is 28.4 Å². The third-order valence-corrected chi connectivity index (χ3v) is 8.23. The van der Waals surface area contributed by atoms with E-state index in [9.17, 15) is 14.7 Å². The van der Waals surface area contributed by atoms with Crippen LogP contribution in [0.5, 0.6) is 0 Å². The first-order valence-electron chi connectivity index (χ1n) is 15.4. The second-order valence-electron chi connectivity index (χ2n) is 11.6. The van der Waals surface area contributed by atoms with Crippen molar-refractivity contribution in [3.63, 3.8) is 0 Å². The molecule has 2 saturated heterocycles. The van der Waals surface area contributed by atoms with Crippen molar-refractivity contribution < 1.29 is 29.3 Å². The Hall–Kier alpha value is -3.56. The summed E-state index contributed by atoms with van der Waals surface area (Å²) in [5.74, 6) is -1.04. The van der Waals surface area contributed by atoms with Crippen LogP contribution in [-0.4, -0.2) is 52.7 Å². The number of carboxylic acid groups (broad SMARTS) is 1. The van der Waals surface area contributed by atoms with Crippen LogP contribution in [-0.2, 0) is 32.2 Å². The van der Waals surface area contributed by atoms with Crippen LogP contribution in [0.2, 0.25) is 0 Å². The van der Waals surface area contributed by atoms with E-state index < -0.39 is 12.3 Å². The predicted molar refractivity (Wildman–Crippen MR) is 164 cm³/mol. The number of aliphatic hydroxyl groups excluding tert-OH is 1. The molecule has 1 amide bonds. The van der Waals surface area contributed by atoms with Crippen LogP contribution in [0.1, 0.15) is 79.6 Å². The lowest BCUT2D eigenvalue weighted by Gasteiger charge is -2.39. The molecule has 3 atom stereocenters. The Morgan fingerprint density at radius 2 is 1.58 bits per heavy atom. The highest BCUT2D eigenvalue weighted by Gasteiger charge is 2.33. The number of ether oxygens (including phenoxy) is 2. The number of piperidine rings is 1. The van der Waals surface area contributed by atoms with Crippen LogP contribution in [0, 0.1) is 0 Å². The highest BCUT2D eigenvalue weighted by molar-refractivity contribution is 5.76. The Morgan fingerprint density at radius 1 is 0.837 bits per heavy atom. The van der Waals surface area contributed by atoms with E-state index in [4.69, 9.17) is 14.6 Å². The largest absolute Gasteiger partial charge is 0.481 e. The maximum atomic E-state index is 12.1. The minimum absolute atomic E-state index is 0.0105. The van der Waals surface area contributed by atoms with Gasteiger partial charge in [-0.3, -0.25) is 9.59 Å². The zero-order valence-corrected chi connectivity index (χ0v) is 24.6.